The molecule has 0 atom stereocenters. The summed E-state index contributed by atoms with van der Waals surface area (Å²) >= 11 is 0. The molecule has 3 rings (SSSR count). The lowest BCUT2D eigenvalue weighted by Gasteiger charge is -2.21. The lowest BCUT2D eigenvalue weighted by molar-refractivity contribution is 0.0752. The number of nitrogens with zero attached hydrogens (tertiary/aromatic N) is 2. The number of halogens is 1. The van der Waals surface area contributed by atoms with E-state index in [1.165, 1.54) is 12.1 Å². The highest BCUT2D eigenvalue weighted by atomic mass is 19.1. The molecular weight excluding hydrogens is 353 g/mol. The molecule has 28 heavy (non-hydrogen) atoms. The Labute approximate surface area is 165 Å². The van der Waals surface area contributed by atoms with E-state index in [0.717, 1.165) is 23.2 Å². The Morgan fingerprint density at radius 2 is 1.79 bits per heavy atom. The molecule has 0 saturated heterocycles. The molecule has 0 saturated carbocycles. The number of aromatic nitrogens is 1. The third-order valence-electron chi connectivity index (χ3n) is 4.53. The number of pyridine rings is 1. The van der Waals surface area contributed by atoms with Crippen molar-refractivity contribution < 1.29 is 9.18 Å². The molecule has 0 unspecified atom stereocenters. The lowest BCUT2D eigenvalue weighted by atomic mass is 10.1. The minimum Gasteiger partial charge on any atom is -0.383 e. The first-order valence-corrected chi connectivity index (χ1v) is 9.42. The highest BCUT2D eigenvalue weighted by Crippen LogP contribution is 2.14. The summed E-state index contributed by atoms with van der Waals surface area (Å²) < 4.78 is 13.0. The highest BCUT2D eigenvalue weighted by Gasteiger charge is 2.15. The Kier molecular flexibility index (Phi) is 6.73. The molecular formula is C23H24FN3O. The van der Waals surface area contributed by atoms with Crippen LogP contribution < -0.4 is 5.32 Å². The second kappa shape index (κ2) is 9.65. The second-order valence-corrected chi connectivity index (χ2v) is 6.57. The van der Waals surface area contributed by atoms with Gasteiger partial charge in [0.05, 0.1) is 11.3 Å². The zero-order chi connectivity index (χ0) is 19.8. The number of amides is 1. The van der Waals surface area contributed by atoms with E-state index in [1.807, 2.05) is 43.3 Å². The molecule has 0 aliphatic carbocycles. The first-order chi connectivity index (χ1) is 13.7. The molecule has 4 nitrogen and oxygen atoms in total. The molecule has 144 valence electrons. The molecule has 0 fully saturated rings. The molecule has 0 spiro atoms. The quantitative estimate of drug-likeness (QED) is 0.627. The molecule has 2 aromatic carbocycles. The molecule has 0 radical (unpaired) electrons. The molecule has 0 bridgehead atoms. The van der Waals surface area contributed by atoms with Crippen molar-refractivity contribution in [2.45, 2.75) is 19.9 Å². The number of hydrogen-bond donors (Lipinski definition) is 1. The van der Waals surface area contributed by atoms with Crippen LogP contribution in [0.2, 0.25) is 0 Å². The zero-order valence-corrected chi connectivity index (χ0v) is 15.9. The largest absolute Gasteiger partial charge is 0.383 e. The summed E-state index contributed by atoms with van der Waals surface area (Å²) in [5.74, 6) is -0.274. The second-order valence-electron chi connectivity index (χ2n) is 6.57. The van der Waals surface area contributed by atoms with Crippen LogP contribution in [-0.4, -0.2) is 28.9 Å². The van der Waals surface area contributed by atoms with Crippen molar-refractivity contribution in [2.75, 3.05) is 18.4 Å². The summed E-state index contributed by atoms with van der Waals surface area (Å²) in [6.07, 6.45) is 4.06. The molecule has 0 aliphatic heterocycles. The van der Waals surface area contributed by atoms with E-state index in [-0.39, 0.29) is 11.7 Å². The maximum Gasteiger partial charge on any atom is 0.255 e. The lowest BCUT2D eigenvalue weighted by Crippen LogP contribution is -2.30. The van der Waals surface area contributed by atoms with E-state index in [1.54, 1.807) is 29.4 Å². The molecule has 1 amide bonds. The molecule has 3 aromatic rings. The molecule has 5 heteroatoms. The Balaban J connectivity index is 1.60. The maximum atomic E-state index is 13.0. The van der Waals surface area contributed by atoms with E-state index >= 15 is 0 Å². The van der Waals surface area contributed by atoms with Crippen LogP contribution in [0.5, 0.6) is 0 Å². The standard InChI is InChI=1S/C23H24FN3O/c1-2-27(17-19-6-4-3-5-7-19)23(28)20-14-22(16-25-15-20)26-13-12-18-8-10-21(24)11-9-18/h3-11,14-16,26H,2,12-13,17H2,1H3. The number of hydrogen-bond acceptors (Lipinski definition) is 3. The van der Waals surface area contributed by atoms with E-state index in [4.69, 9.17) is 0 Å². The predicted molar refractivity (Wildman–Crippen MR) is 110 cm³/mol. The van der Waals surface area contributed by atoms with Gasteiger partial charge in [-0.3, -0.25) is 9.78 Å². The van der Waals surface area contributed by atoms with E-state index in [9.17, 15) is 9.18 Å². The summed E-state index contributed by atoms with van der Waals surface area (Å²) in [6.45, 7) is 3.83. The van der Waals surface area contributed by atoms with Gasteiger partial charge < -0.3 is 10.2 Å². The Morgan fingerprint density at radius 3 is 2.50 bits per heavy atom. The normalized spacial score (nSPS) is 10.5. The number of benzene rings is 2. The van der Waals surface area contributed by atoms with Crippen LogP contribution in [-0.2, 0) is 13.0 Å². The number of anilines is 1. The molecule has 1 heterocycles. The fourth-order valence-electron chi connectivity index (χ4n) is 2.97. The molecule has 1 N–H and O–H groups in total. The van der Waals surface area contributed by atoms with Crippen LogP contribution in [0, 0.1) is 5.82 Å². The van der Waals surface area contributed by atoms with Crippen LogP contribution >= 0.6 is 0 Å². The van der Waals surface area contributed by atoms with Crippen LogP contribution in [0.3, 0.4) is 0 Å². The van der Waals surface area contributed by atoms with Crippen molar-refractivity contribution >= 4 is 11.6 Å². The number of carbonyl (C=O) groups is 1. The van der Waals surface area contributed by atoms with Gasteiger partial charge in [-0.1, -0.05) is 42.5 Å². The Bertz CT molecular complexity index is 897. The summed E-state index contributed by atoms with van der Waals surface area (Å²) in [7, 11) is 0. The van der Waals surface area contributed by atoms with Crippen molar-refractivity contribution in [3.8, 4) is 0 Å². The average molecular weight is 377 g/mol. The van der Waals surface area contributed by atoms with Crippen LogP contribution in [0.1, 0.15) is 28.4 Å². The Hall–Kier alpha value is -3.21. The summed E-state index contributed by atoms with van der Waals surface area (Å²) in [5, 5.41) is 3.28. The van der Waals surface area contributed by atoms with Gasteiger partial charge in [-0.2, -0.15) is 0 Å². The summed E-state index contributed by atoms with van der Waals surface area (Å²) in [5.41, 5.74) is 3.50. The number of rotatable bonds is 8. The van der Waals surface area contributed by atoms with Crippen molar-refractivity contribution in [1.29, 1.82) is 0 Å². The van der Waals surface area contributed by atoms with Crippen LogP contribution in [0.4, 0.5) is 10.1 Å². The van der Waals surface area contributed by atoms with Gasteiger partial charge in [0.2, 0.25) is 0 Å². The molecule has 1 aromatic heterocycles. The predicted octanol–water partition coefficient (Wildman–Crippen LogP) is 4.54. The van der Waals surface area contributed by atoms with Gasteiger partial charge >= 0.3 is 0 Å². The van der Waals surface area contributed by atoms with Crippen molar-refractivity contribution in [1.82, 2.24) is 9.88 Å². The first kappa shape index (κ1) is 19.5. The first-order valence-electron chi connectivity index (χ1n) is 9.42. The van der Waals surface area contributed by atoms with Crippen molar-refractivity contribution in [3.63, 3.8) is 0 Å². The highest BCUT2D eigenvalue weighted by molar-refractivity contribution is 5.94. The zero-order valence-electron chi connectivity index (χ0n) is 15.9. The van der Waals surface area contributed by atoms with E-state index in [2.05, 4.69) is 10.3 Å². The van der Waals surface area contributed by atoms with Gasteiger partial charge in [0.1, 0.15) is 5.82 Å². The molecule has 0 aliphatic rings. The van der Waals surface area contributed by atoms with E-state index in [0.29, 0.717) is 25.2 Å². The topological polar surface area (TPSA) is 45.2 Å². The summed E-state index contributed by atoms with van der Waals surface area (Å²) in [4.78, 5) is 18.9. The van der Waals surface area contributed by atoms with Crippen LogP contribution in [0.25, 0.3) is 0 Å². The SMILES string of the molecule is CCN(Cc1ccccc1)C(=O)c1cncc(NCCc2ccc(F)cc2)c1. The third kappa shape index (κ3) is 5.39. The summed E-state index contributed by atoms with van der Waals surface area (Å²) in [6, 6.07) is 18.2. The van der Waals surface area contributed by atoms with Gasteiger partial charge in [-0.25, -0.2) is 4.39 Å². The fourth-order valence-corrected chi connectivity index (χ4v) is 2.97. The minimum atomic E-state index is -0.233. The average Bonchev–Trinajstić information content (AvgIpc) is 2.74. The van der Waals surface area contributed by atoms with E-state index < -0.39 is 0 Å². The number of nitrogens with one attached hydrogen (secondary N) is 1. The smallest absolute Gasteiger partial charge is 0.255 e. The van der Waals surface area contributed by atoms with Gasteiger partial charge in [0.25, 0.3) is 5.91 Å². The third-order valence-corrected chi connectivity index (χ3v) is 4.53. The van der Waals surface area contributed by atoms with Gasteiger partial charge in [0, 0.05) is 32.0 Å². The maximum absolute atomic E-state index is 13.0. The van der Waals surface area contributed by atoms with Crippen LogP contribution in [0.15, 0.2) is 73.1 Å². The van der Waals surface area contributed by atoms with Gasteiger partial charge in [-0.15, -0.1) is 0 Å². The minimum absolute atomic E-state index is 0.0407. The Morgan fingerprint density at radius 1 is 1.04 bits per heavy atom. The fraction of sp³-hybridized carbons (Fsp3) is 0.217. The van der Waals surface area contributed by atoms with Gasteiger partial charge in [-0.05, 0) is 42.7 Å². The van der Waals surface area contributed by atoms with Crippen molar-refractivity contribution in [2.24, 2.45) is 0 Å². The number of carbonyl (C=O) groups excluding carboxylic acids is 1. The van der Waals surface area contributed by atoms with Gasteiger partial charge in [0.15, 0.2) is 0 Å². The van der Waals surface area contributed by atoms with Crippen molar-refractivity contribution in [3.05, 3.63) is 95.6 Å². The monoisotopic (exact) mass is 377 g/mol.